The van der Waals surface area contributed by atoms with E-state index in [1.165, 1.54) is 19.4 Å². The van der Waals surface area contributed by atoms with Crippen LogP contribution in [0.5, 0.6) is 0 Å². The molecule has 0 bridgehead atoms. The Bertz CT molecular complexity index is 297. The first-order valence-electron chi connectivity index (χ1n) is 7.18. The summed E-state index contributed by atoms with van der Waals surface area (Å²) in [6, 6.07) is 0.669. The topological polar surface area (TPSA) is 20.3 Å². The van der Waals surface area contributed by atoms with Gasteiger partial charge in [0.15, 0.2) is 0 Å². The van der Waals surface area contributed by atoms with Gasteiger partial charge < -0.3 is 0 Å². The largest absolute Gasteiger partial charge is 0.300 e. The summed E-state index contributed by atoms with van der Waals surface area (Å²) in [5.74, 6) is 1.61. The molecule has 1 saturated heterocycles. The first kappa shape index (κ1) is 13.1. The van der Waals surface area contributed by atoms with Crippen LogP contribution in [0.3, 0.4) is 0 Å². The van der Waals surface area contributed by atoms with Gasteiger partial charge in [0.1, 0.15) is 5.78 Å². The molecule has 2 aliphatic rings. The highest BCUT2D eigenvalue weighted by atomic mass is 16.1. The van der Waals surface area contributed by atoms with E-state index in [-0.39, 0.29) is 5.41 Å². The minimum Gasteiger partial charge on any atom is -0.300 e. The fourth-order valence-corrected chi connectivity index (χ4v) is 3.70. The molecular formula is C15H27NO. The first-order chi connectivity index (χ1) is 7.90. The fourth-order valence-electron chi connectivity index (χ4n) is 3.70. The second-order valence-electron chi connectivity index (χ2n) is 6.98. The zero-order valence-electron chi connectivity index (χ0n) is 11.8. The van der Waals surface area contributed by atoms with Crippen LogP contribution in [0.25, 0.3) is 0 Å². The van der Waals surface area contributed by atoms with Crippen molar-refractivity contribution < 1.29 is 4.79 Å². The lowest BCUT2D eigenvalue weighted by molar-refractivity contribution is -0.135. The number of carbonyl (C=O) groups is 1. The van der Waals surface area contributed by atoms with Crippen LogP contribution < -0.4 is 0 Å². The maximum absolute atomic E-state index is 12.4. The van der Waals surface area contributed by atoms with E-state index in [9.17, 15) is 4.79 Å². The standard InChI is InChI=1S/C15H27NO/c1-11-8-12(2)16(9-11)10-13-6-5-7-15(3,4)14(13)17/h11-13H,5-10H2,1-4H3. The predicted octanol–water partition coefficient (Wildman–Crippen LogP) is 3.11. The van der Waals surface area contributed by atoms with E-state index < -0.39 is 0 Å². The average molecular weight is 237 g/mol. The Kier molecular flexibility index (Phi) is 3.63. The normalized spacial score (nSPS) is 38.6. The van der Waals surface area contributed by atoms with Gasteiger partial charge in [0.25, 0.3) is 0 Å². The SMILES string of the molecule is CC1CC(C)N(CC2CCCC(C)(C)C2=O)C1. The van der Waals surface area contributed by atoms with Crippen LogP contribution in [0.1, 0.15) is 53.4 Å². The van der Waals surface area contributed by atoms with E-state index >= 15 is 0 Å². The number of rotatable bonds is 2. The summed E-state index contributed by atoms with van der Waals surface area (Å²) in [7, 11) is 0. The Hall–Kier alpha value is -0.370. The highest BCUT2D eigenvalue weighted by Crippen LogP contribution is 2.36. The van der Waals surface area contributed by atoms with Gasteiger partial charge in [0.05, 0.1) is 0 Å². The van der Waals surface area contributed by atoms with Crippen LogP contribution in [0, 0.1) is 17.3 Å². The maximum Gasteiger partial charge on any atom is 0.142 e. The quantitative estimate of drug-likeness (QED) is 0.735. The minimum absolute atomic E-state index is 0.0719. The van der Waals surface area contributed by atoms with Crippen LogP contribution >= 0.6 is 0 Å². The maximum atomic E-state index is 12.4. The van der Waals surface area contributed by atoms with Crippen LogP contribution in [0.15, 0.2) is 0 Å². The van der Waals surface area contributed by atoms with Crippen LogP contribution in [-0.4, -0.2) is 29.8 Å². The molecule has 0 aromatic carbocycles. The van der Waals surface area contributed by atoms with Crippen molar-refractivity contribution in [2.24, 2.45) is 17.3 Å². The molecule has 1 saturated carbocycles. The lowest BCUT2D eigenvalue weighted by Crippen LogP contribution is -2.42. The molecule has 1 aliphatic carbocycles. The molecule has 0 N–H and O–H groups in total. The number of hydrogen-bond donors (Lipinski definition) is 0. The first-order valence-corrected chi connectivity index (χ1v) is 7.18. The van der Waals surface area contributed by atoms with E-state index in [2.05, 4.69) is 32.6 Å². The van der Waals surface area contributed by atoms with E-state index in [1.54, 1.807) is 0 Å². The Labute approximate surface area is 106 Å². The molecule has 2 heteroatoms. The number of nitrogens with zero attached hydrogens (tertiary/aromatic N) is 1. The summed E-state index contributed by atoms with van der Waals surface area (Å²) >= 11 is 0. The molecule has 2 nitrogen and oxygen atoms in total. The van der Waals surface area contributed by atoms with E-state index in [0.717, 1.165) is 25.3 Å². The average Bonchev–Trinajstić information content (AvgIpc) is 2.53. The second kappa shape index (κ2) is 4.72. The molecule has 0 aromatic heterocycles. The van der Waals surface area contributed by atoms with E-state index in [4.69, 9.17) is 0 Å². The summed E-state index contributed by atoms with van der Waals surface area (Å²) in [5, 5.41) is 0. The summed E-state index contributed by atoms with van der Waals surface area (Å²) in [4.78, 5) is 14.9. The molecule has 2 rings (SSSR count). The number of carbonyl (C=O) groups excluding carboxylic acids is 1. The van der Waals surface area contributed by atoms with Crippen molar-refractivity contribution in [2.45, 2.75) is 59.4 Å². The summed E-state index contributed by atoms with van der Waals surface area (Å²) < 4.78 is 0. The summed E-state index contributed by atoms with van der Waals surface area (Å²) in [6.07, 6.45) is 4.71. The molecule has 0 spiro atoms. The van der Waals surface area contributed by atoms with Crippen molar-refractivity contribution in [3.8, 4) is 0 Å². The van der Waals surface area contributed by atoms with Gasteiger partial charge in [-0.3, -0.25) is 9.69 Å². The molecule has 1 heterocycles. The van der Waals surface area contributed by atoms with Crippen LogP contribution in [0.4, 0.5) is 0 Å². The Morgan fingerprint density at radius 2 is 2.06 bits per heavy atom. The van der Waals surface area contributed by atoms with Crippen molar-refractivity contribution in [1.29, 1.82) is 0 Å². The zero-order chi connectivity index (χ0) is 12.6. The van der Waals surface area contributed by atoms with Crippen molar-refractivity contribution >= 4 is 5.78 Å². The molecule has 2 fully saturated rings. The number of likely N-dealkylation sites (tertiary alicyclic amines) is 1. The van der Waals surface area contributed by atoms with Gasteiger partial charge in [-0.25, -0.2) is 0 Å². The molecule has 98 valence electrons. The highest BCUT2D eigenvalue weighted by Gasteiger charge is 2.39. The van der Waals surface area contributed by atoms with Gasteiger partial charge in [0.2, 0.25) is 0 Å². The highest BCUT2D eigenvalue weighted by molar-refractivity contribution is 5.87. The Morgan fingerprint density at radius 3 is 2.65 bits per heavy atom. The molecule has 1 aliphatic heterocycles. The zero-order valence-corrected chi connectivity index (χ0v) is 11.8. The summed E-state index contributed by atoms with van der Waals surface area (Å²) in [5.41, 5.74) is -0.0719. The molecular weight excluding hydrogens is 210 g/mol. The Morgan fingerprint density at radius 1 is 1.35 bits per heavy atom. The van der Waals surface area contributed by atoms with Crippen molar-refractivity contribution in [2.75, 3.05) is 13.1 Å². The van der Waals surface area contributed by atoms with Gasteiger partial charge in [-0.2, -0.15) is 0 Å². The molecule has 0 amide bonds. The van der Waals surface area contributed by atoms with Crippen LogP contribution in [0.2, 0.25) is 0 Å². The van der Waals surface area contributed by atoms with Crippen molar-refractivity contribution in [3.05, 3.63) is 0 Å². The molecule has 17 heavy (non-hydrogen) atoms. The van der Waals surface area contributed by atoms with Gasteiger partial charge in [0, 0.05) is 30.5 Å². The third-order valence-electron chi connectivity index (χ3n) is 4.76. The molecule has 3 unspecified atom stereocenters. The summed E-state index contributed by atoms with van der Waals surface area (Å²) in [6.45, 7) is 11.1. The molecule has 0 radical (unpaired) electrons. The smallest absolute Gasteiger partial charge is 0.142 e. The van der Waals surface area contributed by atoms with E-state index in [1.807, 2.05) is 0 Å². The fraction of sp³-hybridized carbons (Fsp3) is 0.933. The Balaban J connectivity index is 1.97. The van der Waals surface area contributed by atoms with Gasteiger partial charge in [-0.1, -0.05) is 27.2 Å². The predicted molar refractivity (Wildman–Crippen MR) is 70.9 cm³/mol. The van der Waals surface area contributed by atoms with Crippen molar-refractivity contribution in [3.63, 3.8) is 0 Å². The third kappa shape index (κ3) is 2.73. The van der Waals surface area contributed by atoms with Gasteiger partial charge in [-0.15, -0.1) is 0 Å². The van der Waals surface area contributed by atoms with Crippen molar-refractivity contribution in [1.82, 2.24) is 4.90 Å². The molecule has 0 aromatic rings. The minimum atomic E-state index is -0.0719. The van der Waals surface area contributed by atoms with Crippen LogP contribution in [-0.2, 0) is 4.79 Å². The molecule has 3 atom stereocenters. The number of ketones is 1. The van der Waals surface area contributed by atoms with Gasteiger partial charge >= 0.3 is 0 Å². The third-order valence-corrected chi connectivity index (χ3v) is 4.76. The number of Topliss-reactive ketones (excluding diaryl/α,β-unsaturated/α-hetero) is 1. The number of hydrogen-bond acceptors (Lipinski definition) is 2. The monoisotopic (exact) mass is 237 g/mol. The van der Waals surface area contributed by atoms with E-state index in [0.29, 0.717) is 17.7 Å². The lowest BCUT2D eigenvalue weighted by atomic mass is 9.71. The second-order valence-corrected chi connectivity index (χ2v) is 6.98. The van der Waals surface area contributed by atoms with Gasteiger partial charge in [-0.05, 0) is 32.1 Å². The lowest BCUT2D eigenvalue weighted by Gasteiger charge is -2.36.